The van der Waals surface area contributed by atoms with Gasteiger partial charge in [0.1, 0.15) is 5.76 Å². The number of carbonyl (C=O) groups is 1. The largest absolute Gasteiger partial charge is 0.455 e. The van der Waals surface area contributed by atoms with Crippen LogP contribution in [-0.4, -0.2) is 10.9 Å². The van der Waals surface area contributed by atoms with Gasteiger partial charge in [0, 0.05) is 17.3 Å². The van der Waals surface area contributed by atoms with Crippen LogP contribution < -0.4 is 11.1 Å². The van der Waals surface area contributed by atoms with Gasteiger partial charge >= 0.3 is 0 Å². The Balaban J connectivity index is 1.83. The lowest BCUT2D eigenvalue weighted by Gasteiger charge is -2.04. The van der Waals surface area contributed by atoms with Crippen molar-refractivity contribution >= 4 is 22.5 Å². The lowest BCUT2D eigenvalue weighted by Crippen LogP contribution is -2.10. The number of nitrogens with one attached hydrogen (secondary N) is 1. The summed E-state index contributed by atoms with van der Waals surface area (Å²) in [5.41, 5.74) is 7.02. The molecule has 0 fully saturated rings. The molecule has 0 spiro atoms. The molecule has 1 amide bonds. The molecule has 2 aromatic heterocycles. The molecule has 0 saturated carbocycles. The topological polar surface area (TPSA) is 81.2 Å². The molecule has 5 nitrogen and oxygen atoms in total. The molecular formula is C15H13N3O2. The molecule has 20 heavy (non-hydrogen) atoms. The third kappa shape index (κ3) is 2.39. The lowest BCUT2D eigenvalue weighted by molar-refractivity contribution is 0.0995. The highest BCUT2D eigenvalue weighted by Gasteiger charge is 2.11. The minimum absolute atomic E-state index is 0.247. The van der Waals surface area contributed by atoms with Crippen LogP contribution in [0.25, 0.3) is 10.9 Å². The van der Waals surface area contributed by atoms with E-state index >= 15 is 0 Å². The molecule has 1 aromatic carbocycles. The first-order chi connectivity index (χ1) is 9.76. The number of aromatic nitrogens is 1. The van der Waals surface area contributed by atoms with E-state index in [4.69, 9.17) is 10.2 Å². The number of carbonyl (C=O) groups excluding carboxylic acids is 1. The van der Waals surface area contributed by atoms with Gasteiger partial charge in [0.15, 0.2) is 5.76 Å². The maximum absolute atomic E-state index is 12.0. The fraction of sp³-hybridized carbons (Fsp3) is 0.0667. The van der Waals surface area contributed by atoms with Crippen molar-refractivity contribution < 1.29 is 9.21 Å². The zero-order valence-electron chi connectivity index (χ0n) is 10.7. The number of nitrogens with zero attached hydrogens (tertiary/aromatic N) is 1. The van der Waals surface area contributed by atoms with Crippen molar-refractivity contribution in [3.8, 4) is 0 Å². The fourth-order valence-corrected chi connectivity index (χ4v) is 1.96. The molecule has 3 rings (SSSR count). The molecule has 2 heterocycles. The molecule has 5 heteroatoms. The summed E-state index contributed by atoms with van der Waals surface area (Å²) in [5, 5.41) is 3.75. The third-order valence-electron chi connectivity index (χ3n) is 2.95. The van der Waals surface area contributed by atoms with Crippen molar-refractivity contribution in [1.29, 1.82) is 0 Å². The Morgan fingerprint density at radius 3 is 2.95 bits per heavy atom. The summed E-state index contributed by atoms with van der Waals surface area (Å²) in [5.74, 6) is 0.530. The molecular weight excluding hydrogens is 254 g/mol. The number of furan rings is 1. The number of fused-ring (bicyclic) bond motifs is 1. The van der Waals surface area contributed by atoms with Gasteiger partial charge in [-0.05, 0) is 36.4 Å². The van der Waals surface area contributed by atoms with E-state index in [0.717, 1.165) is 10.9 Å². The first kappa shape index (κ1) is 12.4. The van der Waals surface area contributed by atoms with Gasteiger partial charge in [-0.2, -0.15) is 0 Å². The van der Waals surface area contributed by atoms with Gasteiger partial charge in [0.2, 0.25) is 0 Å². The summed E-state index contributed by atoms with van der Waals surface area (Å²) in [6, 6.07) is 12.6. The van der Waals surface area contributed by atoms with Gasteiger partial charge in [0.05, 0.1) is 12.1 Å². The molecule has 0 aliphatic carbocycles. The van der Waals surface area contributed by atoms with Crippen molar-refractivity contribution in [2.45, 2.75) is 6.54 Å². The van der Waals surface area contributed by atoms with Crippen molar-refractivity contribution in [2.24, 2.45) is 5.73 Å². The van der Waals surface area contributed by atoms with E-state index in [1.165, 1.54) is 0 Å². The number of anilines is 1. The van der Waals surface area contributed by atoms with E-state index in [9.17, 15) is 4.79 Å². The van der Waals surface area contributed by atoms with Gasteiger partial charge in [-0.25, -0.2) is 0 Å². The molecule has 0 atom stereocenters. The van der Waals surface area contributed by atoms with E-state index in [-0.39, 0.29) is 18.2 Å². The van der Waals surface area contributed by atoms with Crippen LogP contribution in [-0.2, 0) is 6.54 Å². The zero-order valence-corrected chi connectivity index (χ0v) is 10.7. The molecule has 0 aliphatic rings. The second kappa shape index (κ2) is 5.14. The highest BCUT2D eigenvalue weighted by atomic mass is 16.4. The number of nitrogens with two attached hydrogens (primary N) is 1. The highest BCUT2D eigenvalue weighted by molar-refractivity contribution is 6.03. The Morgan fingerprint density at radius 2 is 2.15 bits per heavy atom. The third-order valence-corrected chi connectivity index (χ3v) is 2.95. The van der Waals surface area contributed by atoms with Gasteiger partial charge in [-0.3, -0.25) is 9.78 Å². The van der Waals surface area contributed by atoms with E-state index in [1.807, 2.05) is 24.3 Å². The van der Waals surface area contributed by atoms with Crippen molar-refractivity contribution in [2.75, 3.05) is 5.32 Å². The van der Waals surface area contributed by atoms with Crippen molar-refractivity contribution in [1.82, 2.24) is 4.98 Å². The van der Waals surface area contributed by atoms with Crippen LogP contribution in [0.3, 0.4) is 0 Å². The number of rotatable bonds is 3. The maximum atomic E-state index is 12.0. The molecule has 0 radical (unpaired) electrons. The second-order valence-corrected chi connectivity index (χ2v) is 4.34. The van der Waals surface area contributed by atoms with E-state index < -0.39 is 0 Å². The van der Waals surface area contributed by atoms with Crippen LogP contribution in [0.2, 0.25) is 0 Å². The molecule has 0 aliphatic heterocycles. The minimum Gasteiger partial charge on any atom is -0.455 e. The highest BCUT2D eigenvalue weighted by Crippen LogP contribution is 2.18. The monoisotopic (exact) mass is 267 g/mol. The summed E-state index contributed by atoms with van der Waals surface area (Å²) in [4.78, 5) is 16.2. The maximum Gasteiger partial charge on any atom is 0.291 e. The average Bonchev–Trinajstić information content (AvgIpc) is 2.96. The molecule has 3 aromatic rings. The van der Waals surface area contributed by atoms with E-state index in [2.05, 4.69) is 10.3 Å². The van der Waals surface area contributed by atoms with Crippen LogP contribution in [0.15, 0.2) is 53.1 Å². The number of benzene rings is 1. The first-order valence-corrected chi connectivity index (χ1v) is 6.21. The normalized spacial score (nSPS) is 10.7. The summed E-state index contributed by atoms with van der Waals surface area (Å²) in [6.45, 7) is 0.273. The standard InChI is InChI=1S/C15H13N3O2/c16-9-12-4-6-14(20-12)15(19)18-11-3-5-13-10(8-11)2-1-7-17-13/h1-8H,9,16H2,(H,18,19). The summed E-state index contributed by atoms with van der Waals surface area (Å²) >= 11 is 0. The fourth-order valence-electron chi connectivity index (χ4n) is 1.96. The van der Waals surface area contributed by atoms with Gasteiger partial charge in [0.25, 0.3) is 5.91 Å². The summed E-state index contributed by atoms with van der Waals surface area (Å²) < 4.78 is 5.30. The van der Waals surface area contributed by atoms with Crippen LogP contribution in [0.1, 0.15) is 16.3 Å². The molecule has 3 N–H and O–H groups in total. The molecule has 0 unspecified atom stereocenters. The number of hydrogen-bond donors (Lipinski definition) is 2. The van der Waals surface area contributed by atoms with Gasteiger partial charge < -0.3 is 15.5 Å². The quantitative estimate of drug-likeness (QED) is 0.764. The van der Waals surface area contributed by atoms with Crippen molar-refractivity contribution in [3.63, 3.8) is 0 Å². The predicted molar refractivity (Wildman–Crippen MR) is 76.3 cm³/mol. The number of pyridine rings is 1. The number of hydrogen-bond acceptors (Lipinski definition) is 4. The van der Waals surface area contributed by atoms with E-state index in [0.29, 0.717) is 11.4 Å². The first-order valence-electron chi connectivity index (χ1n) is 6.21. The average molecular weight is 267 g/mol. The Morgan fingerprint density at radius 1 is 1.25 bits per heavy atom. The molecule has 0 saturated heterocycles. The minimum atomic E-state index is -0.298. The van der Waals surface area contributed by atoms with Crippen LogP contribution in [0.5, 0.6) is 0 Å². The van der Waals surface area contributed by atoms with Crippen LogP contribution >= 0.6 is 0 Å². The molecule has 100 valence electrons. The number of amides is 1. The second-order valence-electron chi connectivity index (χ2n) is 4.34. The zero-order chi connectivity index (χ0) is 13.9. The summed E-state index contributed by atoms with van der Waals surface area (Å²) in [6.07, 6.45) is 1.73. The Hall–Kier alpha value is -2.66. The SMILES string of the molecule is NCc1ccc(C(=O)Nc2ccc3ncccc3c2)o1. The summed E-state index contributed by atoms with van der Waals surface area (Å²) in [7, 11) is 0. The Kier molecular flexibility index (Phi) is 3.18. The van der Waals surface area contributed by atoms with E-state index in [1.54, 1.807) is 24.4 Å². The lowest BCUT2D eigenvalue weighted by atomic mass is 10.2. The van der Waals surface area contributed by atoms with Gasteiger partial charge in [-0.15, -0.1) is 0 Å². The van der Waals surface area contributed by atoms with Gasteiger partial charge in [-0.1, -0.05) is 6.07 Å². The van der Waals surface area contributed by atoms with Crippen molar-refractivity contribution in [3.05, 3.63) is 60.2 Å². The smallest absolute Gasteiger partial charge is 0.291 e. The van der Waals surface area contributed by atoms with Crippen LogP contribution in [0, 0.1) is 0 Å². The van der Waals surface area contributed by atoms with Crippen LogP contribution in [0.4, 0.5) is 5.69 Å². The predicted octanol–water partition coefficient (Wildman–Crippen LogP) is 2.54. The molecule has 0 bridgehead atoms. The Labute approximate surface area is 115 Å². The Bertz CT molecular complexity index is 764.